The van der Waals surface area contributed by atoms with E-state index in [9.17, 15) is 9.59 Å². The summed E-state index contributed by atoms with van der Waals surface area (Å²) in [5, 5.41) is 5.59. The first-order valence-corrected chi connectivity index (χ1v) is 12.0. The minimum atomic E-state index is -0.0504. The molecular formula is C23H29N5O2S. The molecular weight excluding hydrogens is 410 g/mol. The number of fused-ring (bicyclic) bond motifs is 2. The Bertz CT molecular complexity index is 1190. The lowest BCUT2D eigenvalue weighted by molar-refractivity contribution is -0.135. The molecule has 31 heavy (non-hydrogen) atoms. The highest BCUT2D eigenvalue weighted by atomic mass is 32.1. The van der Waals surface area contributed by atoms with Crippen LogP contribution in [0, 0.1) is 12.8 Å². The number of hydrogen-bond donors (Lipinski definition) is 1. The van der Waals surface area contributed by atoms with Crippen LogP contribution in [0.5, 0.6) is 0 Å². The highest BCUT2D eigenvalue weighted by Gasteiger charge is 2.30. The van der Waals surface area contributed by atoms with Crippen LogP contribution in [-0.2, 0) is 24.3 Å². The number of rotatable bonds is 4. The van der Waals surface area contributed by atoms with E-state index in [2.05, 4.69) is 28.4 Å². The van der Waals surface area contributed by atoms with Gasteiger partial charge in [0.25, 0.3) is 5.56 Å². The number of H-pyrrole nitrogens is 1. The fraction of sp³-hybridized carbons (Fsp3) is 0.522. The van der Waals surface area contributed by atoms with Gasteiger partial charge in [-0.3, -0.25) is 19.6 Å². The van der Waals surface area contributed by atoms with Crippen LogP contribution in [0.3, 0.4) is 0 Å². The third-order valence-corrected chi connectivity index (χ3v) is 7.40. The number of amides is 1. The molecule has 7 nitrogen and oxygen atoms in total. The lowest BCUT2D eigenvalue weighted by Crippen LogP contribution is -2.41. The maximum absolute atomic E-state index is 13.2. The number of nitrogens with one attached hydrogen (secondary N) is 1. The molecule has 2 aliphatic rings. The number of aromatic amines is 1. The zero-order chi connectivity index (χ0) is 21.7. The van der Waals surface area contributed by atoms with Crippen molar-refractivity contribution in [3.05, 3.63) is 55.3 Å². The summed E-state index contributed by atoms with van der Waals surface area (Å²) in [5.74, 6) is 0.0678. The molecule has 0 spiro atoms. The fourth-order valence-electron chi connectivity index (χ4n) is 4.92. The maximum Gasteiger partial charge on any atom is 0.276 e. The zero-order valence-corrected chi connectivity index (χ0v) is 19.2. The van der Waals surface area contributed by atoms with Gasteiger partial charge in [-0.15, -0.1) is 11.3 Å². The van der Waals surface area contributed by atoms with E-state index in [0.29, 0.717) is 25.2 Å². The Morgan fingerprint density at radius 2 is 2.16 bits per heavy atom. The Kier molecular flexibility index (Phi) is 5.22. The Morgan fingerprint density at radius 1 is 1.32 bits per heavy atom. The van der Waals surface area contributed by atoms with Crippen molar-refractivity contribution >= 4 is 22.9 Å². The van der Waals surface area contributed by atoms with Crippen LogP contribution in [0.4, 0.5) is 0 Å². The van der Waals surface area contributed by atoms with E-state index in [0.717, 1.165) is 42.9 Å². The first kappa shape index (κ1) is 20.5. The highest BCUT2D eigenvalue weighted by Crippen LogP contribution is 2.33. The van der Waals surface area contributed by atoms with Crippen LogP contribution < -0.4 is 5.56 Å². The minimum Gasteiger partial charge on any atom is -0.336 e. The Labute approximate surface area is 185 Å². The summed E-state index contributed by atoms with van der Waals surface area (Å²) in [6, 6.07) is 4.54. The average molecular weight is 440 g/mol. The number of likely N-dealkylation sites (tertiary alicyclic amines) is 1. The van der Waals surface area contributed by atoms with Crippen LogP contribution in [0.15, 0.2) is 22.3 Å². The second-order valence-corrected chi connectivity index (χ2v) is 10.2. The molecule has 0 aliphatic carbocycles. The van der Waals surface area contributed by atoms with E-state index in [1.807, 2.05) is 24.8 Å². The quantitative estimate of drug-likeness (QED) is 0.677. The maximum atomic E-state index is 13.2. The van der Waals surface area contributed by atoms with E-state index in [1.165, 1.54) is 10.4 Å². The van der Waals surface area contributed by atoms with Gasteiger partial charge in [-0.25, -0.2) is 9.50 Å². The fourth-order valence-corrected chi connectivity index (χ4v) is 5.62. The highest BCUT2D eigenvalue weighted by molar-refractivity contribution is 7.10. The van der Waals surface area contributed by atoms with Crippen molar-refractivity contribution in [3.8, 4) is 0 Å². The van der Waals surface area contributed by atoms with Crippen LogP contribution >= 0.6 is 11.3 Å². The number of carbonyl (C=O) groups is 1. The molecule has 8 heteroatoms. The van der Waals surface area contributed by atoms with Gasteiger partial charge in [0.2, 0.25) is 5.91 Å². The predicted octanol–water partition coefficient (Wildman–Crippen LogP) is 3.27. The predicted molar refractivity (Wildman–Crippen MR) is 121 cm³/mol. The van der Waals surface area contributed by atoms with Crippen LogP contribution in [0.1, 0.15) is 60.1 Å². The van der Waals surface area contributed by atoms with Gasteiger partial charge in [-0.1, -0.05) is 13.8 Å². The van der Waals surface area contributed by atoms with Crippen molar-refractivity contribution in [2.45, 2.75) is 59.2 Å². The van der Waals surface area contributed by atoms with Crippen molar-refractivity contribution in [2.24, 2.45) is 5.92 Å². The topological polar surface area (TPSA) is 73.7 Å². The molecule has 3 aromatic heterocycles. The van der Waals surface area contributed by atoms with Gasteiger partial charge in [0.15, 0.2) is 5.65 Å². The van der Waals surface area contributed by atoms with Gasteiger partial charge >= 0.3 is 0 Å². The van der Waals surface area contributed by atoms with Gasteiger partial charge in [0.1, 0.15) is 0 Å². The first-order chi connectivity index (χ1) is 14.9. The molecule has 2 aliphatic heterocycles. The van der Waals surface area contributed by atoms with E-state index in [-0.39, 0.29) is 23.4 Å². The third-order valence-electron chi connectivity index (χ3n) is 6.48. The molecule has 3 aromatic rings. The molecule has 0 radical (unpaired) electrons. The van der Waals surface area contributed by atoms with E-state index < -0.39 is 0 Å². The summed E-state index contributed by atoms with van der Waals surface area (Å²) in [5.41, 5.74) is 4.50. The monoisotopic (exact) mass is 439 g/mol. The van der Waals surface area contributed by atoms with Gasteiger partial charge in [-0.05, 0) is 49.7 Å². The van der Waals surface area contributed by atoms with Crippen LogP contribution in [0.25, 0.3) is 5.65 Å². The second kappa shape index (κ2) is 7.91. The summed E-state index contributed by atoms with van der Waals surface area (Å²) in [4.78, 5) is 36.0. The summed E-state index contributed by atoms with van der Waals surface area (Å²) >= 11 is 1.79. The molecule has 1 N–H and O–H groups in total. The molecule has 1 saturated heterocycles. The largest absolute Gasteiger partial charge is 0.336 e. The third kappa shape index (κ3) is 3.72. The lowest BCUT2D eigenvalue weighted by atomic mass is 10.0. The average Bonchev–Trinajstić information content (AvgIpc) is 3.47. The Hall–Kier alpha value is -2.45. The molecule has 164 valence electrons. The normalized spacial score (nSPS) is 19.5. The van der Waals surface area contributed by atoms with E-state index in [1.54, 1.807) is 15.9 Å². The Balaban J connectivity index is 1.45. The van der Waals surface area contributed by atoms with Gasteiger partial charge in [0.05, 0.1) is 24.0 Å². The molecule has 1 atom stereocenters. The number of hydrogen-bond acceptors (Lipinski definition) is 5. The van der Waals surface area contributed by atoms with Crippen molar-refractivity contribution in [2.75, 3.05) is 13.1 Å². The summed E-state index contributed by atoms with van der Waals surface area (Å²) in [6.45, 7) is 8.94. The SMILES string of the molecule is Cc1cc(CN2CCC[C@@H]2c2cc3nc4c(c(=O)n3[nH]2)CCN(C(=O)C(C)C)C4)cs1. The molecule has 5 rings (SSSR count). The number of thiophene rings is 1. The smallest absolute Gasteiger partial charge is 0.276 e. The summed E-state index contributed by atoms with van der Waals surface area (Å²) in [7, 11) is 0. The van der Waals surface area contributed by atoms with Gasteiger partial charge in [-0.2, -0.15) is 0 Å². The van der Waals surface area contributed by atoms with Crippen molar-refractivity contribution in [1.82, 2.24) is 24.4 Å². The number of aryl methyl sites for hydroxylation is 1. The summed E-state index contributed by atoms with van der Waals surface area (Å²) in [6.07, 6.45) is 2.78. The molecule has 0 unspecified atom stereocenters. The Morgan fingerprint density at radius 3 is 2.90 bits per heavy atom. The standard InChI is InChI=1S/C23H29N5O2S/c1-14(2)22(29)27-8-6-17-19(12-27)24-21-10-18(25-28(21)23(17)30)20-5-4-7-26(20)11-16-9-15(3)31-13-16/h9-10,13-14,20,25H,4-8,11-12H2,1-3H3/t20-/m1/s1. The van der Waals surface area contributed by atoms with Gasteiger partial charge < -0.3 is 4.90 Å². The number of aromatic nitrogens is 3. The first-order valence-electron chi connectivity index (χ1n) is 11.1. The second-order valence-electron chi connectivity index (χ2n) is 9.11. The minimum absolute atomic E-state index is 0.0269. The van der Waals surface area contributed by atoms with Crippen molar-refractivity contribution in [1.29, 1.82) is 0 Å². The van der Waals surface area contributed by atoms with E-state index >= 15 is 0 Å². The molecule has 1 fully saturated rings. The zero-order valence-electron chi connectivity index (χ0n) is 18.4. The molecule has 0 aromatic carbocycles. The van der Waals surface area contributed by atoms with E-state index in [4.69, 9.17) is 4.98 Å². The number of carbonyl (C=O) groups excluding carboxylic acids is 1. The lowest BCUT2D eigenvalue weighted by Gasteiger charge is -2.29. The molecule has 0 saturated carbocycles. The van der Waals surface area contributed by atoms with Crippen LogP contribution in [-0.4, -0.2) is 43.4 Å². The molecule has 0 bridgehead atoms. The molecule has 1 amide bonds. The number of nitrogens with zero attached hydrogens (tertiary/aromatic N) is 4. The van der Waals surface area contributed by atoms with Gasteiger partial charge in [0, 0.05) is 35.5 Å². The van der Waals surface area contributed by atoms with Crippen molar-refractivity contribution < 1.29 is 4.79 Å². The summed E-state index contributed by atoms with van der Waals surface area (Å²) < 4.78 is 1.60. The van der Waals surface area contributed by atoms with Crippen molar-refractivity contribution in [3.63, 3.8) is 0 Å². The molecule has 5 heterocycles. The van der Waals surface area contributed by atoms with Crippen LogP contribution in [0.2, 0.25) is 0 Å².